The number of rotatable bonds is 2. The highest BCUT2D eigenvalue weighted by Crippen LogP contribution is 2.30. The van der Waals surface area contributed by atoms with E-state index in [0.29, 0.717) is 17.8 Å². The number of Topliss-reactive ketones (excluding diaryl/α,β-unsaturated/α-hetero) is 1. The van der Waals surface area contributed by atoms with Gasteiger partial charge in [0.2, 0.25) is 0 Å². The zero-order chi connectivity index (χ0) is 12.7. The molecule has 0 fully saturated rings. The van der Waals surface area contributed by atoms with Crippen LogP contribution in [0.2, 0.25) is 0 Å². The van der Waals surface area contributed by atoms with Gasteiger partial charge >= 0.3 is 0 Å². The molecule has 0 bridgehead atoms. The lowest BCUT2D eigenvalue weighted by Gasteiger charge is -2.14. The second-order valence-corrected chi connectivity index (χ2v) is 4.27. The summed E-state index contributed by atoms with van der Waals surface area (Å²) in [4.78, 5) is 25.2. The van der Waals surface area contributed by atoms with E-state index in [0.717, 1.165) is 11.1 Å². The predicted octanol–water partition coefficient (Wildman–Crippen LogP) is 1.71. The van der Waals surface area contributed by atoms with Crippen LogP contribution in [0.5, 0.6) is 0 Å². The van der Waals surface area contributed by atoms with Gasteiger partial charge in [-0.2, -0.15) is 0 Å². The van der Waals surface area contributed by atoms with Gasteiger partial charge in [-0.05, 0) is 19.1 Å². The van der Waals surface area contributed by atoms with Crippen molar-refractivity contribution in [3.63, 3.8) is 0 Å². The van der Waals surface area contributed by atoms with Gasteiger partial charge < -0.3 is 9.42 Å². The fourth-order valence-corrected chi connectivity index (χ4v) is 2.06. The van der Waals surface area contributed by atoms with Crippen LogP contribution in [0.1, 0.15) is 21.5 Å². The summed E-state index contributed by atoms with van der Waals surface area (Å²) in [6.45, 7) is 2.19. The molecule has 0 saturated carbocycles. The molecule has 1 aromatic carbocycles. The summed E-state index contributed by atoms with van der Waals surface area (Å²) in [5.41, 5.74) is 2.83. The molecule has 5 nitrogen and oxygen atoms in total. The smallest absolute Gasteiger partial charge is 0.299 e. The van der Waals surface area contributed by atoms with Crippen LogP contribution in [0.3, 0.4) is 0 Å². The van der Waals surface area contributed by atoms with Crippen molar-refractivity contribution in [1.82, 2.24) is 5.16 Å². The first-order chi connectivity index (χ1) is 8.66. The Labute approximate surface area is 103 Å². The zero-order valence-electron chi connectivity index (χ0n) is 9.71. The van der Waals surface area contributed by atoms with Gasteiger partial charge in [0.1, 0.15) is 6.26 Å². The summed E-state index contributed by atoms with van der Waals surface area (Å²) in [5.74, 6) is -0.957. The molecule has 2 heterocycles. The van der Waals surface area contributed by atoms with Crippen LogP contribution in [0.4, 0.5) is 5.69 Å². The number of carbonyl (C=O) groups is 2. The molecular weight excluding hydrogens is 232 g/mol. The quantitative estimate of drug-likeness (QED) is 0.752. The fraction of sp³-hybridized carbons (Fsp3) is 0.154. The Morgan fingerprint density at radius 3 is 2.89 bits per heavy atom. The maximum atomic E-state index is 11.9. The number of hydrogen-bond acceptors (Lipinski definition) is 4. The maximum absolute atomic E-state index is 11.9. The van der Waals surface area contributed by atoms with E-state index >= 15 is 0 Å². The molecule has 1 aromatic heterocycles. The molecule has 0 N–H and O–H groups in total. The van der Waals surface area contributed by atoms with E-state index in [1.165, 1.54) is 17.4 Å². The summed E-state index contributed by atoms with van der Waals surface area (Å²) in [6.07, 6.45) is 2.99. The van der Waals surface area contributed by atoms with E-state index in [4.69, 9.17) is 4.52 Å². The summed E-state index contributed by atoms with van der Waals surface area (Å²) < 4.78 is 4.72. The third-order valence-electron chi connectivity index (χ3n) is 2.95. The van der Waals surface area contributed by atoms with Gasteiger partial charge in [0.15, 0.2) is 0 Å². The molecule has 1 aliphatic heterocycles. The summed E-state index contributed by atoms with van der Waals surface area (Å²) in [5, 5.41) is 3.58. The van der Waals surface area contributed by atoms with Crippen molar-refractivity contribution in [2.45, 2.75) is 13.5 Å². The lowest BCUT2D eigenvalue weighted by Crippen LogP contribution is -2.28. The zero-order valence-corrected chi connectivity index (χ0v) is 9.71. The highest BCUT2D eigenvalue weighted by Gasteiger charge is 2.35. The van der Waals surface area contributed by atoms with Crippen LogP contribution in [-0.4, -0.2) is 16.8 Å². The van der Waals surface area contributed by atoms with E-state index < -0.39 is 11.7 Å². The van der Waals surface area contributed by atoms with E-state index in [1.54, 1.807) is 12.1 Å². The minimum Gasteiger partial charge on any atom is -0.364 e. The third-order valence-corrected chi connectivity index (χ3v) is 2.95. The molecule has 0 spiro atoms. The average molecular weight is 242 g/mol. The number of fused-ring (bicyclic) bond motifs is 1. The van der Waals surface area contributed by atoms with Crippen molar-refractivity contribution >= 4 is 17.4 Å². The molecule has 0 unspecified atom stereocenters. The van der Waals surface area contributed by atoms with Crippen LogP contribution in [0, 0.1) is 6.92 Å². The van der Waals surface area contributed by atoms with Crippen LogP contribution in [0.15, 0.2) is 35.2 Å². The summed E-state index contributed by atoms with van der Waals surface area (Å²) in [7, 11) is 0. The Hall–Kier alpha value is -2.43. The summed E-state index contributed by atoms with van der Waals surface area (Å²) in [6, 6.07) is 5.41. The Morgan fingerprint density at radius 2 is 2.17 bits per heavy atom. The van der Waals surface area contributed by atoms with Crippen LogP contribution < -0.4 is 4.90 Å². The number of nitrogens with zero attached hydrogens (tertiary/aromatic N) is 2. The second-order valence-electron chi connectivity index (χ2n) is 4.27. The predicted molar refractivity (Wildman–Crippen MR) is 63.2 cm³/mol. The molecule has 0 saturated heterocycles. The first-order valence-electron chi connectivity index (χ1n) is 5.52. The minimum atomic E-state index is -0.503. The first kappa shape index (κ1) is 10.7. The number of hydrogen-bond donors (Lipinski definition) is 0. The van der Waals surface area contributed by atoms with Crippen LogP contribution in [0.25, 0.3) is 0 Å². The van der Waals surface area contributed by atoms with Gasteiger partial charge in [-0.3, -0.25) is 9.59 Å². The number of carbonyl (C=O) groups excluding carboxylic acids is 2. The van der Waals surface area contributed by atoms with Crippen LogP contribution in [-0.2, 0) is 11.3 Å². The van der Waals surface area contributed by atoms with Gasteiger partial charge in [-0.25, -0.2) is 0 Å². The van der Waals surface area contributed by atoms with E-state index in [9.17, 15) is 9.59 Å². The molecule has 1 aliphatic rings. The molecule has 0 aliphatic carbocycles. The molecule has 18 heavy (non-hydrogen) atoms. The number of aryl methyl sites for hydroxylation is 1. The molecule has 3 rings (SSSR count). The van der Waals surface area contributed by atoms with E-state index in [-0.39, 0.29) is 0 Å². The second kappa shape index (κ2) is 3.80. The fourth-order valence-electron chi connectivity index (χ4n) is 2.06. The van der Waals surface area contributed by atoms with Crippen molar-refractivity contribution < 1.29 is 14.1 Å². The van der Waals surface area contributed by atoms with Crippen molar-refractivity contribution in [2.75, 3.05) is 4.90 Å². The molecule has 1 amide bonds. The monoisotopic (exact) mass is 242 g/mol. The third kappa shape index (κ3) is 1.52. The highest BCUT2D eigenvalue weighted by molar-refractivity contribution is 6.52. The average Bonchev–Trinajstić information content (AvgIpc) is 2.94. The van der Waals surface area contributed by atoms with E-state index in [1.807, 2.05) is 13.0 Å². The SMILES string of the molecule is Cc1ccc2c(c1)C(=O)C(=O)N2Cc1cnoc1. The topological polar surface area (TPSA) is 63.4 Å². The Bertz CT molecular complexity index is 632. The molecular formula is C13H10N2O3. The lowest BCUT2D eigenvalue weighted by atomic mass is 10.1. The van der Waals surface area contributed by atoms with Gasteiger partial charge in [-0.1, -0.05) is 16.8 Å². The number of anilines is 1. The standard InChI is InChI=1S/C13H10N2O3/c1-8-2-3-11-10(4-8)12(16)13(17)15(11)6-9-5-14-18-7-9/h2-5,7H,6H2,1H3. The normalized spacial score (nSPS) is 14.2. The number of benzene rings is 1. The number of ketones is 1. The Kier molecular flexibility index (Phi) is 2.26. The molecule has 90 valence electrons. The van der Waals surface area contributed by atoms with Gasteiger partial charge in [0.05, 0.1) is 24.0 Å². The Balaban J connectivity index is 2.02. The van der Waals surface area contributed by atoms with Crippen molar-refractivity contribution in [1.29, 1.82) is 0 Å². The largest absolute Gasteiger partial charge is 0.364 e. The molecule has 0 radical (unpaired) electrons. The number of amides is 1. The lowest BCUT2D eigenvalue weighted by molar-refractivity contribution is -0.114. The Morgan fingerprint density at radius 1 is 1.33 bits per heavy atom. The first-order valence-corrected chi connectivity index (χ1v) is 5.52. The van der Waals surface area contributed by atoms with E-state index in [2.05, 4.69) is 5.16 Å². The number of aromatic nitrogens is 1. The molecule has 0 atom stereocenters. The summed E-state index contributed by atoms with van der Waals surface area (Å²) >= 11 is 0. The van der Waals surface area contributed by atoms with Crippen molar-refractivity contribution in [3.8, 4) is 0 Å². The van der Waals surface area contributed by atoms with Crippen molar-refractivity contribution in [2.24, 2.45) is 0 Å². The molecule has 2 aromatic rings. The highest BCUT2D eigenvalue weighted by atomic mass is 16.5. The van der Waals surface area contributed by atoms with Crippen LogP contribution >= 0.6 is 0 Å². The van der Waals surface area contributed by atoms with Gasteiger partial charge in [-0.15, -0.1) is 0 Å². The van der Waals surface area contributed by atoms with Gasteiger partial charge in [0, 0.05) is 5.56 Å². The maximum Gasteiger partial charge on any atom is 0.299 e. The molecule has 5 heteroatoms. The van der Waals surface area contributed by atoms with Gasteiger partial charge in [0.25, 0.3) is 11.7 Å². The van der Waals surface area contributed by atoms with Crippen molar-refractivity contribution in [3.05, 3.63) is 47.3 Å². The minimum absolute atomic E-state index is 0.296.